The summed E-state index contributed by atoms with van der Waals surface area (Å²) in [7, 11) is 1.65. The van der Waals surface area contributed by atoms with Crippen LogP contribution >= 0.6 is 12.4 Å². The maximum atomic E-state index is 11.1. The predicted octanol–water partition coefficient (Wildman–Crippen LogP) is 3.85. The zero-order valence-electron chi connectivity index (χ0n) is 16.3. The highest BCUT2D eigenvalue weighted by atomic mass is 35.5. The fraction of sp³-hybridized carbons (Fsp3) is 0.273. The standard InChI is InChI=1S/C22H24N2O4.ClH/c1-27-20-9-4-7-17(14-20)21-10-3-2-6-18(21)15-23-28-13-12-24-11-5-8-19(16-24)22(25)26;/h2-4,6-10,14-15H,5,11-13,16H2,1H3,(H,25,26);1H. The van der Waals surface area contributed by atoms with E-state index in [4.69, 9.17) is 14.7 Å². The van der Waals surface area contributed by atoms with Crippen LogP contribution in [0.3, 0.4) is 0 Å². The Hall–Kier alpha value is -2.83. The number of carbonyl (C=O) groups is 1. The van der Waals surface area contributed by atoms with Crippen LogP contribution in [-0.2, 0) is 9.63 Å². The van der Waals surface area contributed by atoms with Crippen molar-refractivity contribution in [3.05, 3.63) is 65.7 Å². The van der Waals surface area contributed by atoms with Crippen LogP contribution in [0.1, 0.15) is 12.0 Å². The summed E-state index contributed by atoms with van der Waals surface area (Å²) in [5.74, 6) is -0.0467. The molecule has 1 aliphatic rings. The van der Waals surface area contributed by atoms with Gasteiger partial charge in [-0.1, -0.05) is 47.6 Å². The normalized spacial score (nSPS) is 14.2. The first-order chi connectivity index (χ1) is 13.7. The van der Waals surface area contributed by atoms with Crippen LogP contribution in [0.15, 0.2) is 65.3 Å². The van der Waals surface area contributed by atoms with Gasteiger partial charge in [-0.05, 0) is 29.7 Å². The van der Waals surface area contributed by atoms with E-state index in [0.717, 1.165) is 35.4 Å². The van der Waals surface area contributed by atoms with Crippen molar-refractivity contribution in [2.75, 3.05) is 33.4 Å². The molecule has 0 spiro atoms. The van der Waals surface area contributed by atoms with Crippen LogP contribution in [0, 0.1) is 0 Å². The lowest BCUT2D eigenvalue weighted by atomic mass is 10.0. The molecule has 154 valence electrons. The monoisotopic (exact) mass is 416 g/mol. The summed E-state index contributed by atoms with van der Waals surface area (Å²) in [6.07, 6.45) is 4.24. The molecule has 29 heavy (non-hydrogen) atoms. The van der Waals surface area contributed by atoms with E-state index in [1.165, 1.54) is 0 Å². The molecule has 0 saturated heterocycles. The molecule has 0 aliphatic carbocycles. The minimum absolute atomic E-state index is 0. The molecule has 2 aromatic carbocycles. The number of ether oxygens (including phenoxy) is 1. The van der Waals surface area contributed by atoms with Crippen LogP contribution in [0.2, 0.25) is 0 Å². The first-order valence-corrected chi connectivity index (χ1v) is 9.21. The number of carboxylic acid groups (broad SMARTS) is 1. The van der Waals surface area contributed by atoms with Gasteiger partial charge in [-0.2, -0.15) is 0 Å². The van der Waals surface area contributed by atoms with Crippen LogP contribution in [-0.4, -0.2) is 55.5 Å². The van der Waals surface area contributed by atoms with Crippen molar-refractivity contribution in [1.82, 2.24) is 4.90 Å². The number of hydrogen-bond acceptors (Lipinski definition) is 5. The summed E-state index contributed by atoms with van der Waals surface area (Å²) in [5, 5.41) is 13.2. The molecule has 0 aromatic heterocycles. The molecule has 1 N–H and O–H groups in total. The van der Waals surface area contributed by atoms with Gasteiger partial charge in [0.05, 0.1) is 13.3 Å². The second-order valence-electron chi connectivity index (χ2n) is 6.49. The van der Waals surface area contributed by atoms with Gasteiger partial charge in [0.15, 0.2) is 0 Å². The minimum atomic E-state index is -0.849. The lowest BCUT2D eigenvalue weighted by molar-refractivity contribution is -0.133. The Morgan fingerprint density at radius 2 is 2.07 bits per heavy atom. The minimum Gasteiger partial charge on any atom is -0.497 e. The molecule has 0 saturated carbocycles. The molecule has 0 amide bonds. The lowest BCUT2D eigenvalue weighted by Gasteiger charge is -2.24. The fourth-order valence-electron chi connectivity index (χ4n) is 3.13. The van der Waals surface area contributed by atoms with E-state index in [1.807, 2.05) is 48.5 Å². The van der Waals surface area contributed by atoms with Crippen molar-refractivity contribution >= 4 is 24.6 Å². The first-order valence-electron chi connectivity index (χ1n) is 9.21. The molecule has 1 aliphatic heterocycles. The molecule has 0 unspecified atom stereocenters. The van der Waals surface area contributed by atoms with E-state index in [9.17, 15) is 4.79 Å². The predicted molar refractivity (Wildman–Crippen MR) is 116 cm³/mol. The number of carboxylic acids is 1. The van der Waals surface area contributed by atoms with Crippen molar-refractivity contribution in [1.29, 1.82) is 0 Å². The molecule has 0 radical (unpaired) electrons. The SMILES string of the molecule is COc1cccc(-c2ccccc2C=NOCCN2CCC=C(C(=O)O)C2)c1.Cl. The van der Waals surface area contributed by atoms with Gasteiger partial charge >= 0.3 is 5.97 Å². The molecule has 0 bridgehead atoms. The number of hydrogen-bond donors (Lipinski definition) is 1. The Morgan fingerprint density at radius 3 is 2.86 bits per heavy atom. The van der Waals surface area contributed by atoms with E-state index in [0.29, 0.717) is 25.3 Å². The van der Waals surface area contributed by atoms with Crippen molar-refractivity contribution in [2.45, 2.75) is 6.42 Å². The van der Waals surface area contributed by atoms with Crippen molar-refractivity contribution in [3.63, 3.8) is 0 Å². The van der Waals surface area contributed by atoms with Crippen molar-refractivity contribution in [3.8, 4) is 16.9 Å². The highest BCUT2D eigenvalue weighted by Crippen LogP contribution is 2.26. The topological polar surface area (TPSA) is 71.4 Å². The zero-order valence-corrected chi connectivity index (χ0v) is 17.1. The van der Waals surface area contributed by atoms with Crippen LogP contribution < -0.4 is 4.74 Å². The Balaban J connectivity index is 0.00000300. The number of benzene rings is 2. The van der Waals surface area contributed by atoms with Gasteiger partial charge in [0, 0.05) is 30.8 Å². The van der Waals surface area contributed by atoms with Gasteiger partial charge in [0.2, 0.25) is 0 Å². The molecule has 2 aromatic rings. The van der Waals surface area contributed by atoms with Gasteiger partial charge in [-0.25, -0.2) is 4.79 Å². The largest absolute Gasteiger partial charge is 0.497 e. The third-order valence-electron chi connectivity index (χ3n) is 4.61. The van der Waals surface area contributed by atoms with Gasteiger partial charge in [0.1, 0.15) is 12.4 Å². The molecule has 6 nitrogen and oxygen atoms in total. The Kier molecular flexibility index (Phi) is 8.70. The molecular formula is C22H25ClN2O4. The maximum absolute atomic E-state index is 11.1. The number of rotatable bonds is 8. The smallest absolute Gasteiger partial charge is 0.332 e. The summed E-state index contributed by atoms with van der Waals surface area (Å²) in [5.41, 5.74) is 3.48. The number of halogens is 1. The third kappa shape index (κ3) is 6.34. The number of oxime groups is 1. The molecule has 0 fully saturated rings. The molecule has 3 rings (SSSR count). The highest BCUT2D eigenvalue weighted by molar-refractivity contribution is 5.90. The summed E-state index contributed by atoms with van der Waals surface area (Å²) in [6, 6.07) is 15.8. The van der Waals surface area contributed by atoms with E-state index in [-0.39, 0.29) is 12.4 Å². The van der Waals surface area contributed by atoms with Crippen molar-refractivity contribution < 1.29 is 19.5 Å². The quantitative estimate of drug-likeness (QED) is 0.402. The Morgan fingerprint density at radius 1 is 1.24 bits per heavy atom. The summed E-state index contributed by atoms with van der Waals surface area (Å²) in [4.78, 5) is 18.5. The summed E-state index contributed by atoms with van der Waals surface area (Å²) in [6.45, 7) is 2.33. The highest BCUT2D eigenvalue weighted by Gasteiger charge is 2.16. The Bertz CT molecular complexity index is 883. The molecule has 1 heterocycles. The fourth-order valence-corrected chi connectivity index (χ4v) is 3.13. The molecular weight excluding hydrogens is 392 g/mol. The van der Waals surface area contributed by atoms with Crippen LogP contribution in [0.4, 0.5) is 0 Å². The second-order valence-corrected chi connectivity index (χ2v) is 6.49. The van der Waals surface area contributed by atoms with Gasteiger partial charge in [-0.3, -0.25) is 4.90 Å². The van der Waals surface area contributed by atoms with E-state index in [1.54, 1.807) is 19.4 Å². The zero-order chi connectivity index (χ0) is 19.8. The molecule has 0 atom stereocenters. The average Bonchev–Trinajstić information content (AvgIpc) is 2.74. The van der Waals surface area contributed by atoms with Gasteiger partial charge in [0.25, 0.3) is 0 Å². The molecule has 7 heteroatoms. The Labute approximate surface area is 176 Å². The van der Waals surface area contributed by atoms with Gasteiger partial charge < -0.3 is 14.7 Å². The van der Waals surface area contributed by atoms with E-state index < -0.39 is 5.97 Å². The third-order valence-corrected chi connectivity index (χ3v) is 4.61. The average molecular weight is 417 g/mol. The lowest BCUT2D eigenvalue weighted by Crippen LogP contribution is -2.34. The number of nitrogens with zero attached hydrogens (tertiary/aromatic N) is 2. The second kappa shape index (κ2) is 11.2. The first kappa shape index (κ1) is 22.5. The van der Waals surface area contributed by atoms with E-state index >= 15 is 0 Å². The van der Waals surface area contributed by atoms with Crippen molar-refractivity contribution in [2.24, 2.45) is 5.16 Å². The maximum Gasteiger partial charge on any atom is 0.332 e. The van der Waals surface area contributed by atoms with Gasteiger partial charge in [-0.15, -0.1) is 12.4 Å². The van der Waals surface area contributed by atoms with Crippen LogP contribution in [0.25, 0.3) is 11.1 Å². The van der Waals surface area contributed by atoms with E-state index in [2.05, 4.69) is 10.1 Å². The summed E-state index contributed by atoms with van der Waals surface area (Å²) >= 11 is 0. The number of methoxy groups -OCH3 is 1. The number of aliphatic carboxylic acids is 1. The van der Waals surface area contributed by atoms with Crippen LogP contribution in [0.5, 0.6) is 5.75 Å². The summed E-state index contributed by atoms with van der Waals surface area (Å²) < 4.78 is 5.31.